The molecule has 16 heavy (non-hydrogen) atoms. The first-order valence-corrected chi connectivity index (χ1v) is 6.53. The standard InChI is InChI=1S/C12H25N3O/c1-3-14-4-6-15(7-5-14)11-12-10-13(2)8-9-16-12/h12H,3-11H2,1-2H3. The molecule has 4 nitrogen and oxygen atoms in total. The Kier molecular flexibility index (Phi) is 4.58. The molecule has 0 radical (unpaired) electrons. The average Bonchev–Trinajstić information content (AvgIpc) is 2.30. The number of nitrogens with zero attached hydrogens (tertiary/aromatic N) is 3. The van der Waals surface area contributed by atoms with E-state index >= 15 is 0 Å². The van der Waals surface area contributed by atoms with Crippen molar-refractivity contribution in [3.8, 4) is 0 Å². The minimum Gasteiger partial charge on any atom is -0.374 e. The van der Waals surface area contributed by atoms with Crippen LogP contribution in [0, 0.1) is 0 Å². The lowest BCUT2D eigenvalue weighted by atomic mass is 10.2. The van der Waals surface area contributed by atoms with Crippen molar-refractivity contribution in [2.75, 3.05) is 66.0 Å². The zero-order valence-corrected chi connectivity index (χ0v) is 10.7. The normalized spacial score (nSPS) is 30.8. The first kappa shape index (κ1) is 12.3. The molecule has 0 aromatic heterocycles. The third-order valence-corrected chi connectivity index (χ3v) is 3.72. The van der Waals surface area contributed by atoms with Gasteiger partial charge in [0.25, 0.3) is 0 Å². The van der Waals surface area contributed by atoms with Gasteiger partial charge in [0.2, 0.25) is 0 Å². The fourth-order valence-corrected chi connectivity index (χ4v) is 2.55. The zero-order chi connectivity index (χ0) is 11.4. The molecule has 0 bridgehead atoms. The van der Waals surface area contributed by atoms with Gasteiger partial charge in [-0.2, -0.15) is 0 Å². The Morgan fingerprint density at radius 2 is 1.75 bits per heavy atom. The molecule has 2 heterocycles. The maximum atomic E-state index is 5.81. The highest BCUT2D eigenvalue weighted by Crippen LogP contribution is 2.08. The van der Waals surface area contributed by atoms with Crippen molar-refractivity contribution in [2.24, 2.45) is 0 Å². The molecule has 2 rings (SSSR count). The minimum atomic E-state index is 0.423. The summed E-state index contributed by atoms with van der Waals surface area (Å²) in [6.45, 7) is 12.5. The highest BCUT2D eigenvalue weighted by molar-refractivity contribution is 4.77. The van der Waals surface area contributed by atoms with Gasteiger partial charge in [-0.3, -0.25) is 4.90 Å². The van der Waals surface area contributed by atoms with Crippen molar-refractivity contribution >= 4 is 0 Å². The monoisotopic (exact) mass is 227 g/mol. The Bertz CT molecular complexity index is 204. The molecule has 2 aliphatic rings. The molecule has 0 saturated carbocycles. The van der Waals surface area contributed by atoms with E-state index in [4.69, 9.17) is 4.74 Å². The Hall–Kier alpha value is -0.160. The van der Waals surface area contributed by atoms with E-state index < -0.39 is 0 Å². The van der Waals surface area contributed by atoms with Crippen LogP contribution in [0.15, 0.2) is 0 Å². The van der Waals surface area contributed by atoms with Crippen LogP contribution in [0.2, 0.25) is 0 Å². The topological polar surface area (TPSA) is 19.0 Å². The molecular formula is C12H25N3O. The molecule has 4 heteroatoms. The van der Waals surface area contributed by atoms with Gasteiger partial charge < -0.3 is 14.5 Å². The van der Waals surface area contributed by atoms with Crippen LogP contribution < -0.4 is 0 Å². The molecule has 2 saturated heterocycles. The predicted octanol–water partition coefficient (Wildman–Crippen LogP) is -0.0455. The van der Waals surface area contributed by atoms with Crippen molar-refractivity contribution in [2.45, 2.75) is 13.0 Å². The molecule has 2 fully saturated rings. The van der Waals surface area contributed by atoms with E-state index in [-0.39, 0.29) is 0 Å². The molecule has 0 spiro atoms. The quantitative estimate of drug-likeness (QED) is 0.673. The first-order chi connectivity index (χ1) is 7.78. The number of hydrogen-bond acceptors (Lipinski definition) is 4. The van der Waals surface area contributed by atoms with Crippen LogP contribution in [0.3, 0.4) is 0 Å². The van der Waals surface area contributed by atoms with Crippen LogP contribution in [-0.4, -0.2) is 86.8 Å². The minimum absolute atomic E-state index is 0.423. The maximum Gasteiger partial charge on any atom is 0.0829 e. The summed E-state index contributed by atoms with van der Waals surface area (Å²) in [7, 11) is 2.19. The largest absolute Gasteiger partial charge is 0.374 e. The van der Waals surface area contributed by atoms with Crippen molar-refractivity contribution < 1.29 is 4.74 Å². The van der Waals surface area contributed by atoms with Crippen molar-refractivity contribution in [3.05, 3.63) is 0 Å². The molecule has 0 aromatic rings. The van der Waals surface area contributed by atoms with Crippen LogP contribution in [0.25, 0.3) is 0 Å². The molecule has 0 aliphatic carbocycles. The Morgan fingerprint density at radius 3 is 2.38 bits per heavy atom. The first-order valence-electron chi connectivity index (χ1n) is 6.53. The number of rotatable bonds is 3. The number of hydrogen-bond donors (Lipinski definition) is 0. The molecule has 1 unspecified atom stereocenters. The van der Waals surface area contributed by atoms with Crippen LogP contribution in [0.5, 0.6) is 0 Å². The molecular weight excluding hydrogens is 202 g/mol. The molecule has 2 aliphatic heterocycles. The van der Waals surface area contributed by atoms with E-state index in [1.807, 2.05) is 0 Å². The van der Waals surface area contributed by atoms with E-state index in [9.17, 15) is 0 Å². The fraction of sp³-hybridized carbons (Fsp3) is 1.00. The molecule has 0 amide bonds. The summed E-state index contributed by atoms with van der Waals surface area (Å²) in [5.74, 6) is 0. The average molecular weight is 227 g/mol. The number of ether oxygens (including phenoxy) is 1. The second-order valence-corrected chi connectivity index (χ2v) is 4.99. The lowest BCUT2D eigenvalue weighted by Gasteiger charge is -2.38. The number of piperazine rings is 1. The van der Waals surface area contributed by atoms with Gasteiger partial charge in [0.05, 0.1) is 12.7 Å². The second-order valence-electron chi connectivity index (χ2n) is 4.99. The summed E-state index contributed by atoms with van der Waals surface area (Å²) < 4.78 is 5.81. The Morgan fingerprint density at radius 1 is 1.06 bits per heavy atom. The maximum absolute atomic E-state index is 5.81. The van der Waals surface area contributed by atoms with Crippen LogP contribution in [0.4, 0.5) is 0 Å². The van der Waals surface area contributed by atoms with Gasteiger partial charge >= 0.3 is 0 Å². The third-order valence-electron chi connectivity index (χ3n) is 3.72. The van der Waals surface area contributed by atoms with E-state index in [0.29, 0.717) is 6.10 Å². The lowest BCUT2D eigenvalue weighted by molar-refractivity contribution is -0.0408. The van der Waals surface area contributed by atoms with Gasteiger partial charge in [-0.05, 0) is 13.6 Å². The zero-order valence-electron chi connectivity index (χ0n) is 10.7. The summed E-state index contributed by atoms with van der Waals surface area (Å²) >= 11 is 0. The second kappa shape index (κ2) is 5.96. The Labute approximate surface area is 99.1 Å². The lowest BCUT2D eigenvalue weighted by Crippen LogP contribution is -2.51. The predicted molar refractivity (Wildman–Crippen MR) is 65.8 cm³/mol. The summed E-state index contributed by atoms with van der Waals surface area (Å²) in [6.07, 6.45) is 0.423. The SMILES string of the molecule is CCN1CCN(CC2CN(C)CCO2)CC1. The van der Waals surface area contributed by atoms with Gasteiger partial charge in [0, 0.05) is 45.8 Å². The number of morpholine rings is 1. The van der Waals surface area contributed by atoms with Crippen LogP contribution >= 0.6 is 0 Å². The van der Waals surface area contributed by atoms with Gasteiger partial charge in [-0.1, -0.05) is 6.92 Å². The van der Waals surface area contributed by atoms with Gasteiger partial charge in [-0.25, -0.2) is 0 Å². The van der Waals surface area contributed by atoms with E-state index in [1.165, 1.54) is 32.7 Å². The van der Waals surface area contributed by atoms with Gasteiger partial charge in [0.15, 0.2) is 0 Å². The van der Waals surface area contributed by atoms with Crippen molar-refractivity contribution in [1.29, 1.82) is 0 Å². The van der Waals surface area contributed by atoms with E-state index in [2.05, 4.69) is 28.7 Å². The molecule has 0 N–H and O–H groups in total. The van der Waals surface area contributed by atoms with Crippen molar-refractivity contribution in [1.82, 2.24) is 14.7 Å². The summed E-state index contributed by atoms with van der Waals surface area (Å²) in [5, 5.41) is 0. The number of likely N-dealkylation sites (N-methyl/N-ethyl adjacent to an activating group) is 2. The third kappa shape index (κ3) is 3.42. The van der Waals surface area contributed by atoms with E-state index in [0.717, 1.165) is 26.2 Å². The van der Waals surface area contributed by atoms with Crippen LogP contribution in [0.1, 0.15) is 6.92 Å². The highest BCUT2D eigenvalue weighted by Gasteiger charge is 2.22. The van der Waals surface area contributed by atoms with Crippen molar-refractivity contribution in [3.63, 3.8) is 0 Å². The molecule has 94 valence electrons. The summed E-state index contributed by atoms with van der Waals surface area (Å²) in [5.41, 5.74) is 0. The smallest absolute Gasteiger partial charge is 0.0829 e. The summed E-state index contributed by atoms with van der Waals surface area (Å²) in [4.78, 5) is 7.44. The fourth-order valence-electron chi connectivity index (χ4n) is 2.55. The molecule has 1 atom stereocenters. The van der Waals surface area contributed by atoms with Crippen LogP contribution in [-0.2, 0) is 4.74 Å². The Balaban J connectivity index is 1.69. The van der Waals surface area contributed by atoms with Gasteiger partial charge in [-0.15, -0.1) is 0 Å². The molecule has 0 aromatic carbocycles. The van der Waals surface area contributed by atoms with E-state index in [1.54, 1.807) is 0 Å². The van der Waals surface area contributed by atoms with Gasteiger partial charge in [0.1, 0.15) is 0 Å². The summed E-state index contributed by atoms with van der Waals surface area (Å²) in [6, 6.07) is 0. The highest BCUT2D eigenvalue weighted by atomic mass is 16.5.